The molecule has 1 heterocycles. The number of nitrogens with zero attached hydrogens (tertiary/aromatic N) is 1. The molecule has 0 saturated heterocycles. The number of pyridine rings is 1. The van der Waals surface area contributed by atoms with E-state index < -0.39 is 0 Å². The van der Waals surface area contributed by atoms with Crippen molar-refractivity contribution in [3.05, 3.63) is 54.1 Å². The van der Waals surface area contributed by atoms with E-state index in [1.807, 2.05) is 12.1 Å². The first-order valence-corrected chi connectivity index (χ1v) is 5.81. The molecule has 2 nitrogen and oxygen atoms in total. The summed E-state index contributed by atoms with van der Waals surface area (Å²) in [7, 11) is 0. The second-order valence-electron chi connectivity index (χ2n) is 3.33. The second kappa shape index (κ2) is 4.99. The fraction of sp³-hybridized carbons (Fsp3) is 0.0833. The number of anilines is 1. The van der Waals surface area contributed by atoms with Gasteiger partial charge in [-0.1, -0.05) is 0 Å². The van der Waals surface area contributed by atoms with Gasteiger partial charge in [0.2, 0.25) is 0 Å². The molecule has 0 unspecified atom stereocenters. The summed E-state index contributed by atoms with van der Waals surface area (Å²) in [5, 5.41) is 0. The number of halogens is 1. The number of nitrogens with two attached hydrogens (primary N) is 1. The van der Waals surface area contributed by atoms with E-state index in [4.69, 9.17) is 5.73 Å². The maximum atomic E-state index is 13.0. The lowest BCUT2D eigenvalue weighted by atomic mass is 10.3. The lowest BCUT2D eigenvalue weighted by Gasteiger charge is -2.05. The molecule has 2 N–H and O–H groups in total. The van der Waals surface area contributed by atoms with Crippen molar-refractivity contribution < 1.29 is 4.39 Å². The van der Waals surface area contributed by atoms with Crippen LogP contribution in [0.5, 0.6) is 0 Å². The molecule has 0 spiro atoms. The van der Waals surface area contributed by atoms with Crippen molar-refractivity contribution in [1.29, 1.82) is 0 Å². The molecule has 2 aromatic rings. The maximum Gasteiger partial charge on any atom is 0.124 e. The van der Waals surface area contributed by atoms with Crippen LogP contribution in [0.3, 0.4) is 0 Å². The summed E-state index contributed by atoms with van der Waals surface area (Å²) in [5.41, 5.74) is 7.51. The van der Waals surface area contributed by atoms with Crippen LogP contribution in [-0.2, 0) is 5.75 Å². The van der Waals surface area contributed by atoms with E-state index in [-0.39, 0.29) is 5.82 Å². The van der Waals surface area contributed by atoms with Gasteiger partial charge in [-0.3, -0.25) is 4.98 Å². The van der Waals surface area contributed by atoms with Gasteiger partial charge in [0.15, 0.2) is 0 Å². The molecule has 0 aliphatic carbocycles. The Morgan fingerprint density at radius 2 is 1.94 bits per heavy atom. The Morgan fingerprint density at radius 3 is 2.69 bits per heavy atom. The minimum atomic E-state index is -0.258. The third-order valence-corrected chi connectivity index (χ3v) is 3.26. The van der Waals surface area contributed by atoms with Crippen LogP contribution >= 0.6 is 11.8 Å². The molecule has 0 fully saturated rings. The predicted molar refractivity (Wildman–Crippen MR) is 64.6 cm³/mol. The minimum absolute atomic E-state index is 0.258. The molecule has 1 aromatic heterocycles. The van der Waals surface area contributed by atoms with Crippen LogP contribution in [0.15, 0.2) is 47.6 Å². The summed E-state index contributed by atoms with van der Waals surface area (Å²) in [6.07, 6.45) is 3.48. The summed E-state index contributed by atoms with van der Waals surface area (Å²) in [6, 6.07) is 8.28. The molecule has 0 atom stereocenters. The first kappa shape index (κ1) is 11.0. The highest BCUT2D eigenvalue weighted by atomic mass is 32.2. The van der Waals surface area contributed by atoms with Gasteiger partial charge in [0.1, 0.15) is 5.82 Å². The normalized spacial score (nSPS) is 10.3. The number of thioether (sulfide) groups is 1. The number of hydrogen-bond donors (Lipinski definition) is 1. The number of hydrogen-bond acceptors (Lipinski definition) is 3. The van der Waals surface area contributed by atoms with Crippen molar-refractivity contribution in [2.24, 2.45) is 0 Å². The van der Waals surface area contributed by atoms with Crippen LogP contribution in [0, 0.1) is 5.82 Å². The Balaban J connectivity index is 2.08. The molecule has 0 amide bonds. The van der Waals surface area contributed by atoms with Crippen molar-refractivity contribution in [1.82, 2.24) is 4.98 Å². The van der Waals surface area contributed by atoms with Gasteiger partial charge in [-0.2, -0.15) is 0 Å². The van der Waals surface area contributed by atoms with Gasteiger partial charge < -0.3 is 5.73 Å². The zero-order valence-corrected chi connectivity index (χ0v) is 9.38. The average Bonchev–Trinajstić information content (AvgIpc) is 2.32. The Hall–Kier alpha value is -1.55. The van der Waals surface area contributed by atoms with Crippen LogP contribution in [0.25, 0.3) is 0 Å². The van der Waals surface area contributed by atoms with Crippen LogP contribution < -0.4 is 5.73 Å². The summed E-state index contributed by atoms with van der Waals surface area (Å²) in [4.78, 5) is 4.71. The zero-order valence-electron chi connectivity index (χ0n) is 8.56. The van der Waals surface area contributed by atoms with Crippen LogP contribution in [0.1, 0.15) is 5.56 Å². The van der Waals surface area contributed by atoms with E-state index in [1.54, 1.807) is 18.5 Å². The highest BCUT2D eigenvalue weighted by Gasteiger charge is 2.02. The molecule has 82 valence electrons. The van der Waals surface area contributed by atoms with Gasteiger partial charge in [0, 0.05) is 28.7 Å². The number of benzene rings is 1. The smallest absolute Gasteiger partial charge is 0.124 e. The van der Waals surface area contributed by atoms with E-state index in [1.165, 1.54) is 23.9 Å². The van der Waals surface area contributed by atoms with Crippen molar-refractivity contribution in [3.63, 3.8) is 0 Å². The van der Waals surface area contributed by atoms with E-state index in [0.29, 0.717) is 5.69 Å². The number of rotatable bonds is 3. The molecule has 0 saturated carbocycles. The maximum absolute atomic E-state index is 13.0. The first-order valence-electron chi connectivity index (χ1n) is 4.82. The third-order valence-electron chi connectivity index (χ3n) is 2.12. The standard InChI is InChI=1S/C12H11FN2S/c13-10-1-2-11(14)12(7-10)16-8-9-3-5-15-6-4-9/h1-7H,8,14H2. The van der Waals surface area contributed by atoms with Crippen LogP contribution in [0.2, 0.25) is 0 Å². The van der Waals surface area contributed by atoms with E-state index in [0.717, 1.165) is 16.2 Å². The number of aromatic nitrogens is 1. The van der Waals surface area contributed by atoms with Crippen LogP contribution in [0.4, 0.5) is 10.1 Å². The van der Waals surface area contributed by atoms with Crippen molar-refractivity contribution in [2.45, 2.75) is 10.6 Å². The fourth-order valence-corrected chi connectivity index (χ4v) is 2.22. The van der Waals surface area contributed by atoms with Gasteiger partial charge in [-0.15, -0.1) is 11.8 Å². The van der Waals surface area contributed by atoms with E-state index in [9.17, 15) is 4.39 Å². The average molecular weight is 234 g/mol. The quantitative estimate of drug-likeness (QED) is 0.655. The molecular weight excluding hydrogens is 223 g/mol. The minimum Gasteiger partial charge on any atom is -0.398 e. The SMILES string of the molecule is Nc1ccc(F)cc1SCc1ccncc1. The van der Waals surface area contributed by atoms with Crippen LogP contribution in [-0.4, -0.2) is 4.98 Å². The zero-order chi connectivity index (χ0) is 11.4. The molecule has 1 aromatic carbocycles. The Kier molecular flexibility index (Phi) is 3.41. The Labute approximate surface area is 97.7 Å². The van der Waals surface area contributed by atoms with E-state index in [2.05, 4.69) is 4.98 Å². The highest BCUT2D eigenvalue weighted by molar-refractivity contribution is 7.98. The summed E-state index contributed by atoms with van der Waals surface area (Å²) in [6.45, 7) is 0. The molecule has 0 aliphatic heterocycles. The molecule has 0 bridgehead atoms. The molecule has 0 aliphatic rings. The Morgan fingerprint density at radius 1 is 1.19 bits per heavy atom. The fourth-order valence-electron chi connectivity index (χ4n) is 1.27. The first-order chi connectivity index (χ1) is 7.75. The van der Waals surface area contributed by atoms with Crippen molar-refractivity contribution >= 4 is 17.4 Å². The monoisotopic (exact) mass is 234 g/mol. The lowest BCUT2D eigenvalue weighted by Crippen LogP contribution is -1.90. The van der Waals surface area contributed by atoms with Gasteiger partial charge >= 0.3 is 0 Å². The summed E-state index contributed by atoms with van der Waals surface area (Å²) >= 11 is 1.52. The Bertz CT molecular complexity index is 474. The second-order valence-corrected chi connectivity index (χ2v) is 4.34. The lowest BCUT2D eigenvalue weighted by molar-refractivity contribution is 0.624. The van der Waals surface area contributed by atoms with Crippen molar-refractivity contribution in [2.75, 3.05) is 5.73 Å². The van der Waals surface area contributed by atoms with Gasteiger partial charge in [-0.25, -0.2) is 4.39 Å². The van der Waals surface area contributed by atoms with Gasteiger partial charge in [0.25, 0.3) is 0 Å². The molecule has 16 heavy (non-hydrogen) atoms. The largest absolute Gasteiger partial charge is 0.398 e. The summed E-state index contributed by atoms with van der Waals surface area (Å²) in [5.74, 6) is 0.502. The van der Waals surface area contributed by atoms with Gasteiger partial charge in [0.05, 0.1) is 0 Å². The third kappa shape index (κ3) is 2.73. The summed E-state index contributed by atoms with van der Waals surface area (Å²) < 4.78 is 13.0. The highest BCUT2D eigenvalue weighted by Crippen LogP contribution is 2.28. The predicted octanol–water partition coefficient (Wildman–Crippen LogP) is 3.10. The molecular formula is C12H11FN2S. The van der Waals surface area contributed by atoms with Crippen molar-refractivity contribution in [3.8, 4) is 0 Å². The molecule has 2 rings (SSSR count). The van der Waals surface area contributed by atoms with Gasteiger partial charge in [-0.05, 0) is 35.9 Å². The topological polar surface area (TPSA) is 38.9 Å². The van der Waals surface area contributed by atoms with E-state index >= 15 is 0 Å². The molecule has 4 heteroatoms. The number of nitrogen functional groups attached to an aromatic ring is 1. The molecule has 0 radical (unpaired) electrons.